The molecule has 134 valence electrons. The van der Waals surface area contributed by atoms with E-state index < -0.39 is 5.60 Å². The average Bonchev–Trinajstić information content (AvgIpc) is 3.13. The van der Waals surface area contributed by atoms with E-state index in [2.05, 4.69) is 15.0 Å². The van der Waals surface area contributed by atoms with Crippen LogP contribution in [0.3, 0.4) is 0 Å². The monoisotopic (exact) mass is 344 g/mol. The largest absolute Gasteiger partial charge is 0.386 e. The van der Waals surface area contributed by atoms with Crippen molar-refractivity contribution in [2.24, 2.45) is 0 Å². The molecular weight excluding hydrogens is 320 g/mol. The van der Waals surface area contributed by atoms with E-state index in [0.29, 0.717) is 32.5 Å². The second kappa shape index (κ2) is 7.60. The van der Waals surface area contributed by atoms with Crippen molar-refractivity contribution in [3.63, 3.8) is 0 Å². The van der Waals surface area contributed by atoms with E-state index in [1.54, 1.807) is 43.1 Å². The number of aryl methyl sites for hydroxylation is 1. The number of hydrogen-bond donors (Lipinski definition) is 1. The van der Waals surface area contributed by atoms with Crippen LogP contribution in [0.4, 0.5) is 5.82 Å². The summed E-state index contributed by atoms with van der Waals surface area (Å²) in [5.74, 6) is 0.772. The first-order valence-electron chi connectivity index (χ1n) is 8.49. The molecule has 1 unspecified atom stereocenters. The first-order chi connectivity index (χ1) is 12.1. The van der Waals surface area contributed by atoms with Gasteiger partial charge >= 0.3 is 0 Å². The lowest BCUT2D eigenvalue weighted by molar-refractivity contribution is -0.133. The van der Waals surface area contributed by atoms with Gasteiger partial charge in [0.1, 0.15) is 5.82 Å². The minimum absolute atomic E-state index is 0.0127. The number of hydrogen-bond acceptors (Lipinski definition) is 6. The maximum absolute atomic E-state index is 12.4. The average molecular weight is 344 g/mol. The Morgan fingerprint density at radius 3 is 2.96 bits per heavy atom. The third-order valence-corrected chi connectivity index (χ3v) is 4.53. The number of anilines is 1. The standard InChI is InChI=1S/C17H24N6O2/c1-21(16(24)3-9-22-10-7-19-14-22)12-17(25)4-2-8-23(13-17)15-11-18-5-6-20-15/h5-7,10-11,14,25H,2-4,8-9,12-13H2,1H3. The van der Waals surface area contributed by atoms with Gasteiger partial charge in [0.05, 0.1) is 24.7 Å². The van der Waals surface area contributed by atoms with Crippen molar-refractivity contribution >= 4 is 11.7 Å². The molecule has 3 rings (SSSR count). The van der Waals surface area contributed by atoms with Crippen LogP contribution in [-0.2, 0) is 11.3 Å². The molecule has 0 spiro atoms. The summed E-state index contributed by atoms with van der Waals surface area (Å²) < 4.78 is 1.87. The maximum Gasteiger partial charge on any atom is 0.224 e. The Morgan fingerprint density at radius 2 is 2.24 bits per heavy atom. The highest BCUT2D eigenvalue weighted by atomic mass is 16.3. The number of nitrogens with zero attached hydrogens (tertiary/aromatic N) is 6. The normalized spacial score (nSPS) is 20.5. The van der Waals surface area contributed by atoms with E-state index in [1.807, 2.05) is 15.7 Å². The van der Waals surface area contributed by atoms with Crippen molar-refractivity contribution < 1.29 is 9.90 Å². The van der Waals surface area contributed by atoms with Gasteiger partial charge in [-0.15, -0.1) is 0 Å². The second-order valence-corrected chi connectivity index (χ2v) is 6.61. The predicted octanol–water partition coefficient (Wildman–Crippen LogP) is 0.553. The number of aliphatic hydroxyl groups is 1. The number of imidazole rings is 1. The van der Waals surface area contributed by atoms with Gasteiger partial charge in [-0.05, 0) is 12.8 Å². The van der Waals surface area contributed by atoms with Crippen molar-refractivity contribution in [1.82, 2.24) is 24.4 Å². The number of piperidine rings is 1. The molecule has 0 saturated carbocycles. The zero-order valence-electron chi connectivity index (χ0n) is 14.5. The number of likely N-dealkylation sites (N-methyl/N-ethyl adjacent to an activating group) is 1. The SMILES string of the molecule is CN(CC1(O)CCCN(c2cnccn2)C1)C(=O)CCn1ccnc1. The predicted molar refractivity (Wildman–Crippen MR) is 92.9 cm³/mol. The molecule has 1 N–H and O–H groups in total. The quantitative estimate of drug-likeness (QED) is 0.824. The van der Waals surface area contributed by atoms with Crippen LogP contribution >= 0.6 is 0 Å². The number of β-amino-alcohol motifs (C(OH)–C–C–N with tert-alkyl or cyclic N) is 1. The Balaban J connectivity index is 1.55. The lowest BCUT2D eigenvalue weighted by Gasteiger charge is -2.41. The summed E-state index contributed by atoms with van der Waals surface area (Å²) in [4.78, 5) is 28.4. The molecule has 25 heavy (non-hydrogen) atoms. The minimum atomic E-state index is -0.935. The lowest BCUT2D eigenvalue weighted by atomic mass is 9.92. The zero-order valence-corrected chi connectivity index (χ0v) is 14.5. The molecule has 1 amide bonds. The number of carbonyl (C=O) groups excluding carboxylic acids is 1. The first-order valence-corrected chi connectivity index (χ1v) is 8.49. The van der Waals surface area contributed by atoms with Crippen LogP contribution < -0.4 is 4.90 Å². The van der Waals surface area contributed by atoms with Gasteiger partial charge in [0, 0.05) is 57.9 Å². The first kappa shape index (κ1) is 17.3. The summed E-state index contributed by atoms with van der Waals surface area (Å²) in [6.45, 7) is 2.18. The molecule has 3 heterocycles. The Labute approximate surface area is 147 Å². The molecule has 1 aliphatic rings. The van der Waals surface area contributed by atoms with Crippen LogP contribution in [0.2, 0.25) is 0 Å². The highest BCUT2D eigenvalue weighted by Gasteiger charge is 2.35. The highest BCUT2D eigenvalue weighted by molar-refractivity contribution is 5.75. The molecule has 0 radical (unpaired) electrons. The van der Waals surface area contributed by atoms with Crippen LogP contribution in [0.15, 0.2) is 37.3 Å². The number of aromatic nitrogens is 4. The Kier molecular flexibility index (Phi) is 5.28. The smallest absolute Gasteiger partial charge is 0.224 e. The molecule has 1 aliphatic heterocycles. The van der Waals surface area contributed by atoms with Crippen molar-refractivity contribution in [2.45, 2.75) is 31.4 Å². The van der Waals surface area contributed by atoms with Gasteiger partial charge in [0.15, 0.2) is 0 Å². The van der Waals surface area contributed by atoms with E-state index in [-0.39, 0.29) is 5.91 Å². The molecule has 8 nitrogen and oxygen atoms in total. The van der Waals surface area contributed by atoms with Gasteiger partial charge in [-0.25, -0.2) is 9.97 Å². The van der Waals surface area contributed by atoms with Gasteiger partial charge in [0.2, 0.25) is 5.91 Å². The van der Waals surface area contributed by atoms with Crippen LogP contribution in [0.5, 0.6) is 0 Å². The molecule has 8 heteroatoms. The van der Waals surface area contributed by atoms with Crippen LogP contribution in [0, 0.1) is 0 Å². The van der Waals surface area contributed by atoms with Crippen LogP contribution in [0.1, 0.15) is 19.3 Å². The summed E-state index contributed by atoms with van der Waals surface area (Å²) in [7, 11) is 1.75. The minimum Gasteiger partial charge on any atom is -0.386 e. The third-order valence-electron chi connectivity index (χ3n) is 4.53. The fraction of sp³-hybridized carbons (Fsp3) is 0.529. The summed E-state index contributed by atoms with van der Waals surface area (Å²) >= 11 is 0. The Hall–Kier alpha value is -2.48. The maximum atomic E-state index is 12.4. The molecule has 0 aromatic carbocycles. The summed E-state index contributed by atoms with van der Waals surface area (Å²) in [5.41, 5.74) is -0.935. The molecule has 0 aliphatic carbocycles. The molecule has 1 fully saturated rings. The summed E-state index contributed by atoms with van der Waals surface area (Å²) in [5, 5.41) is 11.0. The molecule has 2 aromatic rings. The molecular formula is C17H24N6O2. The van der Waals surface area contributed by atoms with Gasteiger partial charge in [-0.1, -0.05) is 0 Å². The molecule has 1 saturated heterocycles. The van der Waals surface area contributed by atoms with Crippen molar-refractivity contribution in [3.05, 3.63) is 37.3 Å². The summed E-state index contributed by atoms with van der Waals surface area (Å²) in [6, 6.07) is 0. The summed E-state index contributed by atoms with van der Waals surface area (Å²) in [6.07, 6.45) is 12.1. The number of rotatable bonds is 6. The van der Waals surface area contributed by atoms with Crippen molar-refractivity contribution in [2.75, 3.05) is 31.6 Å². The van der Waals surface area contributed by atoms with Crippen LogP contribution in [-0.4, -0.2) is 67.7 Å². The van der Waals surface area contributed by atoms with Crippen molar-refractivity contribution in [1.29, 1.82) is 0 Å². The van der Waals surface area contributed by atoms with E-state index in [4.69, 9.17) is 0 Å². The topological polar surface area (TPSA) is 87.4 Å². The van der Waals surface area contributed by atoms with E-state index in [9.17, 15) is 9.90 Å². The van der Waals surface area contributed by atoms with Gasteiger partial charge in [-0.3, -0.25) is 9.78 Å². The fourth-order valence-corrected chi connectivity index (χ4v) is 3.26. The second-order valence-electron chi connectivity index (χ2n) is 6.61. The van der Waals surface area contributed by atoms with E-state index in [0.717, 1.165) is 18.8 Å². The lowest BCUT2D eigenvalue weighted by Crippen LogP contribution is -2.55. The Morgan fingerprint density at radius 1 is 1.36 bits per heavy atom. The molecule has 0 bridgehead atoms. The molecule has 2 aromatic heterocycles. The van der Waals surface area contributed by atoms with Gasteiger partial charge < -0.3 is 19.5 Å². The number of amides is 1. The van der Waals surface area contributed by atoms with Gasteiger partial charge in [0.25, 0.3) is 0 Å². The van der Waals surface area contributed by atoms with Gasteiger partial charge in [-0.2, -0.15) is 0 Å². The van der Waals surface area contributed by atoms with Crippen molar-refractivity contribution in [3.8, 4) is 0 Å². The van der Waals surface area contributed by atoms with E-state index >= 15 is 0 Å². The highest BCUT2D eigenvalue weighted by Crippen LogP contribution is 2.25. The zero-order chi connectivity index (χ0) is 17.7. The third kappa shape index (κ3) is 4.54. The Bertz CT molecular complexity index is 678. The van der Waals surface area contributed by atoms with Crippen LogP contribution in [0.25, 0.3) is 0 Å². The fourth-order valence-electron chi connectivity index (χ4n) is 3.26. The number of carbonyl (C=O) groups is 1. The van der Waals surface area contributed by atoms with E-state index in [1.165, 1.54) is 0 Å². The molecule has 1 atom stereocenters.